The fraction of sp³-hybridized carbons (Fsp3) is 0.444. The molecule has 2 amide bonds. The van der Waals surface area contributed by atoms with E-state index in [1.165, 1.54) is 0 Å². The highest BCUT2D eigenvalue weighted by Gasteiger charge is 2.16. The van der Waals surface area contributed by atoms with Gasteiger partial charge in [0, 0.05) is 19.3 Å². The Morgan fingerprint density at radius 3 is 2.88 bits per heavy atom. The Morgan fingerprint density at radius 1 is 1.42 bits per heavy atom. The SMILES string of the molecule is CSc1ncc(CNC(=O)Nc2ccc(OC[C@H]3CCCO3)cc2)n1C. The van der Waals surface area contributed by atoms with Crippen LogP contribution in [0.4, 0.5) is 10.5 Å². The minimum Gasteiger partial charge on any atom is -0.491 e. The summed E-state index contributed by atoms with van der Waals surface area (Å²) in [6.07, 6.45) is 6.09. The van der Waals surface area contributed by atoms with Gasteiger partial charge in [-0.15, -0.1) is 0 Å². The van der Waals surface area contributed by atoms with Crippen LogP contribution in [0.25, 0.3) is 0 Å². The number of amides is 2. The van der Waals surface area contributed by atoms with Crippen molar-refractivity contribution in [3.05, 3.63) is 36.2 Å². The minimum atomic E-state index is -0.259. The fourth-order valence-corrected chi connectivity index (χ4v) is 3.27. The first-order valence-electron chi connectivity index (χ1n) is 8.59. The molecule has 0 bridgehead atoms. The fourth-order valence-electron chi connectivity index (χ4n) is 2.73. The van der Waals surface area contributed by atoms with Gasteiger partial charge in [0.05, 0.1) is 24.5 Å². The van der Waals surface area contributed by atoms with Crippen molar-refractivity contribution in [1.29, 1.82) is 0 Å². The van der Waals surface area contributed by atoms with E-state index in [-0.39, 0.29) is 12.1 Å². The molecule has 3 rings (SSSR count). The maximum atomic E-state index is 12.1. The number of imidazole rings is 1. The Labute approximate surface area is 157 Å². The second-order valence-corrected chi connectivity index (χ2v) is 6.85. The van der Waals surface area contributed by atoms with E-state index in [0.717, 1.165) is 36.0 Å². The molecule has 0 aliphatic carbocycles. The third kappa shape index (κ3) is 4.92. The van der Waals surface area contributed by atoms with Gasteiger partial charge < -0.3 is 24.7 Å². The van der Waals surface area contributed by atoms with Crippen molar-refractivity contribution in [2.75, 3.05) is 24.8 Å². The predicted octanol–water partition coefficient (Wildman–Crippen LogP) is 3.02. The maximum Gasteiger partial charge on any atom is 0.319 e. The molecule has 140 valence electrons. The molecular formula is C18H24N4O3S. The summed E-state index contributed by atoms with van der Waals surface area (Å²) in [5.41, 5.74) is 1.66. The number of carbonyl (C=O) groups is 1. The predicted molar refractivity (Wildman–Crippen MR) is 102 cm³/mol. The normalized spacial score (nSPS) is 16.5. The summed E-state index contributed by atoms with van der Waals surface area (Å²) in [5.74, 6) is 0.769. The highest BCUT2D eigenvalue weighted by molar-refractivity contribution is 7.98. The number of anilines is 1. The lowest BCUT2D eigenvalue weighted by molar-refractivity contribution is 0.0679. The molecule has 1 aromatic carbocycles. The van der Waals surface area contributed by atoms with E-state index in [2.05, 4.69) is 15.6 Å². The lowest BCUT2D eigenvalue weighted by atomic mass is 10.2. The Kier molecular flexibility index (Phi) is 6.40. The van der Waals surface area contributed by atoms with Crippen LogP contribution in [0.1, 0.15) is 18.5 Å². The molecule has 8 heteroatoms. The van der Waals surface area contributed by atoms with E-state index in [4.69, 9.17) is 9.47 Å². The summed E-state index contributed by atoms with van der Waals surface area (Å²) in [7, 11) is 1.93. The number of hydrogen-bond donors (Lipinski definition) is 2. The number of rotatable bonds is 7. The Morgan fingerprint density at radius 2 is 2.23 bits per heavy atom. The van der Waals surface area contributed by atoms with Crippen LogP contribution in [-0.4, -0.2) is 41.2 Å². The third-order valence-electron chi connectivity index (χ3n) is 4.23. The molecule has 0 unspecified atom stereocenters. The number of benzene rings is 1. The van der Waals surface area contributed by atoms with Gasteiger partial charge in [0.1, 0.15) is 12.4 Å². The molecule has 26 heavy (non-hydrogen) atoms. The van der Waals surface area contributed by atoms with Crippen molar-refractivity contribution in [3.63, 3.8) is 0 Å². The molecule has 1 fully saturated rings. The van der Waals surface area contributed by atoms with Crippen molar-refractivity contribution in [1.82, 2.24) is 14.9 Å². The Hall–Kier alpha value is -2.19. The Bertz CT molecular complexity index is 727. The second-order valence-electron chi connectivity index (χ2n) is 6.07. The number of urea groups is 1. The zero-order valence-corrected chi connectivity index (χ0v) is 15.8. The van der Waals surface area contributed by atoms with E-state index >= 15 is 0 Å². The van der Waals surface area contributed by atoms with Gasteiger partial charge in [0.25, 0.3) is 0 Å². The van der Waals surface area contributed by atoms with E-state index in [0.29, 0.717) is 18.8 Å². The lowest BCUT2D eigenvalue weighted by Gasteiger charge is -2.12. The van der Waals surface area contributed by atoms with Crippen LogP contribution in [0.2, 0.25) is 0 Å². The third-order valence-corrected chi connectivity index (χ3v) is 4.97. The second kappa shape index (κ2) is 8.95. The number of nitrogens with one attached hydrogen (secondary N) is 2. The first kappa shape index (κ1) is 18.6. The molecule has 0 saturated carbocycles. The van der Waals surface area contributed by atoms with Crippen molar-refractivity contribution in [2.24, 2.45) is 7.05 Å². The average Bonchev–Trinajstić information content (AvgIpc) is 3.29. The first-order chi connectivity index (χ1) is 12.7. The summed E-state index contributed by atoms with van der Waals surface area (Å²) >= 11 is 1.57. The van der Waals surface area contributed by atoms with Gasteiger partial charge in [0.2, 0.25) is 0 Å². The van der Waals surface area contributed by atoms with Gasteiger partial charge >= 0.3 is 6.03 Å². The molecule has 1 aliphatic heterocycles. The largest absolute Gasteiger partial charge is 0.491 e. The smallest absolute Gasteiger partial charge is 0.319 e. The lowest BCUT2D eigenvalue weighted by Crippen LogP contribution is -2.28. The Balaban J connectivity index is 1.44. The molecular weight excluding hydrogens is 352 g/mol. The highest BCUT2D eigenvalue weighted by Crippen LogP contribution is 2.18. The van der Waals surface area contributed by atoms with Gasteiger partial charge in [-0.3, -0.25) is 0 Å². The van der Waals surface area contributed by atoms with Crippen LogP contribution in [0.3, 0.4) is 0 Å². The first-order valence-corrected chi connectivity index (χ1v) is 9.82. The van der Waals surface area contributed by atoms with Gasteiger partial charge in [-0.1, -0.05) is 11.8 Å². The van der Waals surface area contributed by atoms with E-state index in [9.17, 15) is 4.79 Å². The zero-order valence-electron chi connectivity index (χ0n) is 15.0. The van der Waals surface area contributed by atoms with Crippen LogP contribution in [0.15, 0.2) is 35.6 Å². The molecule has 1 atom stereocenters. The topological polar surface area (TPSA) is 77.4 Å². The quantitative estimate of drug-likeness (QED) is 0.727. The molecule has 1 aromatic heterocycles. The van der Waals surface area contributed by atoms with Crippen molar-refractivity contribution < 1.29 is 14.3 Å². The molecule has 7 nitrogen and oxygen atoms in total. The molecule has 1 saturated heterocycles. The number of aromatic nitrogens is 2. The molecule has 0 spiro atoms. The molecule has 0 radical (unpaired) electrons. The molecule has 2 heterocycles. The summed E-state index contributed by atoms with van der Waals surface area (Å²) in [5, 5.41) is 6.56. The van der Waals surface area contributed by atoms with Crippen LogP contribution in [0, 0.1) is 0 Å². The number of nitrogens with zero attached hydrogens (tertiary/aromatic N) is 2. The van der Waals surface area contributed by atoms with Crippen LogP contribution in [-0.2, 0) is 18.3 Å². The standard InChI is InChI=1S/C18H24N4O3S/c1-22-14(11-20-18(22)26-2)10-19-17(23)21-13-5-7-15(8-6-13)25-12-16-4-3-9-24-16/h5-8,11,16H,3-4,9-10,12H2,1-2H3,(H2,19,21,23)/t16-/m1/s1. The number of thioether (sulfide) groups is 1. The van der Waals surface area contributed by atoms with E-state index in [1.807, 2.05) is 42.1 Å². The van der Waals surface area contributed by atoms with Gasteiger partial charge in [0.15, 0.2) is 5.16 Å². The van der Waals surface area contributed by atoms with Crippen molar-refractivity contribution >= 4 is 23.5 Å². The van der Waals surface area contributed by atoms with Crippen LogP contribution in [0.5, 0.6) is 5.75 Å². The maximum absolute atomic E-state index is 12.1. The highest BCUT2D eigenvalue weighted by atomic mass is 32.2. The molecule has 2 N–H and O–H groups in total. The number of hydrogen-bond acceptors (Lipinski definition) is 5. The number of ether oxygens (including phenoxy) is 2. The summed E-state index contributed by atoms with van der Waals surface area (Å²) < 4.78 is 13.2. The summed E-state index contributed by atoms with van der Waals surface area (Å²) in [6.45, 7) is 1.80. The van der Waals surface area contributed by atoms with Crippen molar-refractivity contribution in [3.8, 4) is 5.75 Å². The number of carbonyl (C=O) groups excluding carboxylic acids is 1. The van der Waals surface area contributed by atoms with Gasteiger partial charge in [-0.25, -0.2) is 9.78 Å². The summed E-state index contributed by atoms with van der Waals surface area (Å²) in [4.78, 5) is 16.3. The monoisotopic (exact) mass is 376 g/mol. The van der Waals surface area contributed by atoms with Crippen LogP contribution >= 0.6 is 11.8 Å². The van der Waals surface area contributed by atoms with Crippen LogP contribution < -0.4 is 15.4 Å². The summed E-state index contributed by atoms with van der Waals surface area (Å²) in [6, 6.07) is 7.07. The zero-order chi connectivity index (χ0) is 18.4. The average molecular weight is 376 g/mol. The molecule has 1 aliphatic rings. The van der Waals surface area contributed by atoms with E-state index < -0.39 is 0 Å². The van der Waals surface area contributed by atoms with Gasteiger partial charge in [-0.2, -0.15) is 0 Å². The van der Waals surface area contributed by atoms with E-state index in [1.54, 1.807) is 18.0 Å². The molecule has 2 aromatic rings. The van der Waals surface area contributed by atoms with Crippen molar-refractivity contribution in [2.45, 2.75) is 30.6 Å². The minimum absolute atomic E-state index is 0.192. The van der Waals surface area contributed by atoms with Gasteiger partial charge in [-0.05, 0) is 43.4 Å².